The van der Waals surface area contributed by atoms with E-state index in [1.807, 2.05) is 11.8 Å². The van der Waals surface area contributed by atoms with E-state index in [1.54, 1.807) is 0 Å². The largest absolute Gasteiger partial charge is 0.469 e. The minimum atomic E-state index is -0.129. The lowest BCUT2D eigenvalue weighted by atomic mass is 10.2. The third-order valence-corrected chi connectivity index (χ3v) is 3.09. The molecule has 0 spiro atoms. The third-order valence-electron chi connectivity index (χ3n) is 2.48. The maximum atomic E-state index is 10.9. The number of carbonyl (C=O) groups excluding carboxylic acids is 1. The van der Waals surface area contributed by atoms with Gasteiger partial charge >= 0.3 is 5.97 Å². The number of halogens is 1. The van der Waals surface area contributed by atoms with Gasteiger partial charge in [-0.15, -0.1) is 24.0 Å². The van der Waals surface area contributed by atoms with Gasteiger partial charge in [0.2, 0.25) is 0 Å². The third kappa shape index (κ3) is 14.2. The molecule has 0 fully saturated rings. The number of hydrogen-bond acceptors (Lipinski definition) is 4. The number of unbranched alkanes of at least 4 members (excludes halogenated alkanes) is 2. The Morgan fingerprint density at radius 1 is 1.25 bits per heavy atom. The Hall–Kier alpha value is -0.180. The zero-order chi connectivity index (χ0) is 14.3. The highest BCUT2D eigenvalue weighted by Gasteiger charge is 1.99. The van der Waals surface area contributed by atoms with Gasteiger partial charge in [0.1, 0.15) is 0 Å². The van der Waals surface area contributed by atoms with Crippen molar-refractivity contribution in [2.45, 2.75) is 32.6 Å². The molecule has 0 saturated heterocycles. The van der Waals surface area contributed by atoms with Crippen molar-refractivity contribution in [1.29, 1.82) is 0 Å². The van der Waals surface area contributed by atoms with Crippen LogP contribution < -0.4 is 10.6 Å². The summed E-state index contributed by atoms with van der Waals surface area (Å²) in [6.45, 7) is 4.64. The van der Waals surface area contributed by atoms with Gasteiger partial charge in [-0.3, -0.25) is 9.79 Å². The molecule has 20 heavy (non-hydrogen) atoms. The summed E-state index contributed by atoms with van der Waals surface area (Å²) < 4.78 is 4.59. The highest BCUT2D eigenvalue weighted by Crippen LogP contribution is 2.01. The molecular formula is C13H28IN3O2S. The van der Waals surface area contributed by atoms with E-state index in [-0.39, 0.29) is 29.9 Å². The monoisotopic (exact) mass is 417 g/mol. The molecule has 2 N–H and O–H groups in total. The van der Waals surface area contributed by atoms with Gasteiger partial charge in [0.25, 0.3) is 0 Å². The summed E-state index contributed by atoms with van der Waals surface area (Å²) in [5.41, 5.74) is 0. The molecule has 0 aromatic rings. The number of carbonyl (C=O) groups is 1. The highest BCUT2D eigenvalue weighted by atomic mass is 127. The molecule has 0 aliphatic rings. The van der Waals surface area contributed by atoms with Crippen LogP contribution in [-0.4, -0.2) is 50.7 Å². The van der Waals surface area contributed by atoms with E-state index in [9.17, 15) is 4.79 Å². The quantitative estimate of drug-likeness (QED) is 0.188. The molecule has 5 nitrogen and oxygen atoms in total. The Morgan fingerprint density at radius 3 is 2.60 bits per heavy atom. The molecule has 0 aromatic carbocycles. The van der Waals surface area contributed by atoms with Gasteiger partial charge in [0.15, 0.2) is 5.96 Å². The van der Waals surface area contributed by atoms with Crippen molar-refractivity contribution >= 4 is 47.7 Å². The summed E-state index contributed by atoms with van der Waals surface area (Å²) in [5, 5.41) is 6.50. The molecule has 0 unspecified atom stereocenters. The van der Waals surface area contributed by atoms with Crippen LogP contribution in [0.15, 0.2) is 4.99 Å². The van der Waals surface area contributed by atoms with Gasteiger partial charge < -0.3 is 15.4 Å². The van der Waals surface area contributed by atoms with Crippen LogP contribution in [0.4, 0.5) is 0 Å². The number of aliphatic imine (C=N–C) groups is 1. The fourth-order valence-electron chi connectivity index (χ4n) is 1.46. The van der Waals surface area contributed by atoms with E-state index in [0.29, 0.717) is 6.42 Å². The Morgan fingerprint density at radius 2 is 2.00 bits per heavy atom. The molecular weight excluding hydrogens is 389 g/mol. The first-order chi connectivity index (χ1) is 9.24. The fraction of sp³-hybridized carbons (Fsp3) is 0.846. The maximum absolute atomic E-state index is 10.9. The average molecular weight is 417 g/mol. The minimum Gasteiger partial charge on any atom is -0.469 e. The van der Waals surface area contributed by atoms with E-state index in [4.69, 9.17) is 0 Å². The fourth-order valence-corrected chi connectivity index (χ4v) is 1.77. The topological polar surface area (TPSA) is 62.7 Å². The van der Waals surface area contributed by atoms with Crippen molar-refractivity contribution in [3.05, 3.63) is 0 Å². The van der Waals surface area contributed by atoms with Crippen LogP contribution in [0, 0.1) is 0 Å². The number of thioether (sulfide) groups is 1. The number of hydrogen-bond donors (Lipinski definition) is 2. The van der Waals surface area contributed by atoms with Crippen LogP contribution in [0.1, 0.15) is 32.6 Å². The average Bonchev–Trinajstić information content (AvgIpc) is 2.42. The molecule has 120 valence electrons. The lowest BCUT2D eigenvalue weighted by molar-refractivity contribution is -0.140. The second kappa shape index (κ2) is 16.9. The van der Waals surface area contributed by atoms with E-state index >= 15 is 0 Å². The normalized spacial score (nSPS) is 10.7. The summed E-state index contributed by atoms with van der Waals surface area (Å²) in [5.74, 6) is 1.82. The second-order valence-corrected chi connectivity index (χ2v) is 5.05. The summed E-state index contributed by atoms with van der Waals surface area (Å²) in [6, 6.07) is 0. The van der Waals surface area contributed by atoms with Crippen LogP contribution in [0.2, 0.25) is 0 Å². The molecule has 0 radical (unpaired) electrons. The van der Waals surface area contributed by atoms with Gasteiger partial charge in [-0.25, -0.2) is 0 Å². The first kappa shape index (κ1) is 22.1. The summed E-state index contributed by atoms with van der Waals surface area (Å²) in [4.78, 5) is 15.4. The van der Waals surface area contributed by atoms with E-state index in [0.717, 1.165) is 50.6 Å². The van der Waals surface area contributed by atoms with Crippen molar-refractivity contribution in [1.82, 2.24) is 10.6 Å². The smallest absolute Gasteiger partial charge is 0.305 e. The molecule has 0 heterocycles. The highest BCUT2D eigenvalue weighted by molar-refractivity contribution is 14.0. The lowest BCUT2D eigenvalue weighted by Gasteiger charge is -2.10. The van der Waals surface area contributed by atoms with Gasteiger partial charge in [-0.2, -0.15) is 11.8 Å². The van der Waals surface area contributed by atoms with Crippen molar-refractivity contribution in [3.8, 4) is 0 Å². The number of nitrogens with zero attached hydrogens (tertiary/aromatic N) is 1. The number of methoxy groups -OCH3 is 1. The Kier molecular flexibility index (Phi) is 18.7. The van der Waals surface area contributed by atoms with E-state index in [2.05, 4.69) is 33.5 Å². The van der Waals surface area contributed by atoms with Gasteiger partial charge in [0.05, 0.1) is 7.11 Å². The van der Waals surface area contributed by atoms with Crippen LogP contribution >= 0.6 is 35.7 Å². The van der Waals surface area contributed by atoms with Crippen molar-refractivity contribution < 1.29 is 9.53 Å². The number of nitrogens with one attached hydrogen (secondary N) is 2. The Balaban J connectivity index is 0. The molecule has 0 atom stereocenters. The molecule has 0 saturated carbocycles. The minimum absolute atomic E-state index is 0. The lowest BCUT2D eigenvalue weighted by Crippen LogP contribution is -2.38. The Labute approximate surface area is 144 Å². The maximum Gasteiger partial charge on any atom is 0.305 e. The number of ether oxygens (including phenoxy) is 1. The predicted octanol–water partition coefficient (Wildman–Crippen LogP) is 2.26. The van der Waals surface area contributed by atoms with Crippen LogP contribution in [0.3, 0.4) is 0 Å². The second-order valence-electron chi connectivity index (χ2n) is 4.07. The summed E-state index contributed by atoms with van der Waals surface area (Å²) in [7, 11) is 1.43. The predicted molar refractivity (Wildman–Crippen MR) is 98.3 cm³/mol. The van der Waals surface area contributed by atoms with Crippen molar-refractivity contribution in [3.63, 3.8) is 0 Å². The van der Waals surface area contributed by atoms with Crippen LogP contribution in [0.5, 0.6) is 0 Å². The standard InChI is InChI=1S/C13H27N3O2S.HI/c1-4-14-13(16-10-11-19-3)15-9-7-5-6-8-12(17)18-2;/h4-11H2,1-3H3,(H2,14,15,16);1H. The molecule has 7 heteroatoms. The van der Waals surface area contributed by atoms with Gasteiger partial charge in [0, 0.05) is 31.8 Å². The molecule has 0 aromatic heterocycles. The molecule has 0 aliphatic carbocycles. The number of rotatable bonds is 10. The molecule has 0 amide bonds. The zero-order valence-corrected chi connectivity index (χ0v) is 15.9. The molecule has 0 aliphatic heterocycles. The number of esters is 1. The summed E-state index contributed by atoms with van der Waals surface area (Å²) in [6.07, 6.45) is 5.47. The van der Waals surface area contributed by atoms with E-state index < -0.39 is 0 Å². The van der Waals surface area contributed by atoms with Crippen LogP contribution in [0.25, 0.3) is 0 Å². The molecule has 0 bridgehead atoms. The number of guanidine groups is 1. The van der Waals surface area contributed by atoms with E-state index in [1.165, 1.54) is 7.11 Å². The summed E-state index contributed by atoms with van der Waals surface area (Å²) >= 11 is 1.81. The molecule has 0 rings (SSSR count). The van der Waals surface area contributed by atoms with Crippen molar-refractivity contribution in [2.24, 2.45) is 4.99 Å². The van der Waals surface area contributed by atoms with Gasteiger partial charge in [-0.1, -0.05) is 6.42 Å². The first-order valence-electron chi connectivity index (χ1n) is 6.82. The Bertz CT molecular complexity index is 266. The SMILES string of the molecule is CCNC(=NCCCCCC(=O)OC)NCCSC.I. The van der Waals surface area contributed by atoms with Crippen LogP contribution in [-0.2, 0) is 9.53 Å². The first-order valence-corrected chi connectivity index (χ1v) is 8.21. The zero-order valence-electron chi connectivity index (χ0n) is 12.7. The van der Waals surface area contributed by atoms with Crippen molar-refractivity contribution in [2.75, 3.05) is 38.8 Å². The van der Waals surface area contributed by atoms with Gasteiger partial charge in [-0.05, 0) is 26.0 Å².